The van der Waals surface area contributed by atoms with Crippen LogP contribution in [0.25, 0.3) is 0 Å². The van der Waals surface area contributed by atoms with E-state index in [0.29, 0.717) is 0 Å². The summed E-state index contributed by atoms with van der Waals surface area (Å²) in [6.45, 7) is 11.7. The zero-order valence-electron chi connectivity index (χ0n) is 8.39. The summed E-state index contributed by atoms with van der Waals surface area (Å²) >= 11 is 0. The standard InChI is InChI=1S/C11H17N/c1-6-10(5)8-11(9(3)4)12-7-2/h6-8H,1H2,2-5H3/b10-8-,12-7?. The van der Waals surface area contributed by atoms with E-state index in [1.54, 1.807) is 6.21 Å². The van der Waals surface area contributed by atoms with E-state index in [1.807, 2.05) is 26.0 Å². The molecule has 66 valence electrons. The molecule has 0 rings (SSSR count). The summed E-state index contributed by atoms with van der Waals surface area (Å²) in [6, 6.07) is 0. The third-order valence-electron chi connectivity index (χ3n) is 1.47. The molecule has 0 aromatic heterocycles. The summed E-state index contributed by atoms with van der Waals surface area (Å²) < 4.78 is 0. The lowest BCUT2D eigenvalue weighted by molar-refractivity contribution is 1.24. The summed E-state index contributed by atoms with van der Waals surface area (Å²) in [5, 5.41) is 0. The molecule has 0 unspecified atom stereocenters. The average Bonchev–Trinajstić information content (AvgIpc) is 2.03. The predicted octanol–water partition coefficient (Wildman–Crippen LogP) is 3.50. The van der Waals surface area contributed by atoms with Gasteiger partial charge in [-0.25, -0.2) is 0 Å². The van der Waals surface area contributed by atoms with Gasteiger partial charge in [-0.05, 0) is 39.3 Å². The molecule has 0 atom stereocenters. The topological polar surface area (TPSA) is 12.4 Å². The highest BCUT2D eigenvalue weighted by Gasteiger charge is 1.91. The molecular weight excluding hydrogens is 146 g/mol. The fraction of sp³-hybridized carbons (Fsp3) is 0.364. The van der Waals surface area contributed by atoms with Gasteiger partial charge in [-0.2, -0.15) is 0 Å². The van der Waals surface area contributed by atoms with Crippen molar-refractivity contribution in [3.63, 3.8) is 0 Å². The third-order valence-corrected chi connectivity index (χ3v) is 1.47. The molecule has 1 nitrogen and oxygen atoms in total. The summed E-state index contributed by atoms with van der Waals surface area (Å²) in [4.78, 5) is 4.24. The van der Waals surface area contributed by atoms with E-state index < -0.39 is 0 Å². The lowest BCUT2D eigenvalue weighted by Gasteiger charge is -1.98. The Labute approximate surface area is 75.2 Å². The second kappa shape index (κ2) is 5.53. The highest BCUT2D eigenvalue weighted by atomic mass is 14.7. The Kier molecular flexibility index (Phi) is 5.02. The van der Waals surface area contributed by atoms with Gasteiger partial charge in [-0.15, -0.1) is 0 Å². The molecule has 0 heterocycles. The smallest absolute Gasteiger partial charge is 0.0614 e. The molecule has 0 aromatic rings. The zero-order chi connectivity index (χ0) is 9.56. The van der Waals surface area contributed by atoms with Crippen LogP contribution in [0.1, 0.15) is 27.7 Å². The SMILES string of the molecule is C=C/C(C)=C\C(N=CC)=C(C)C. The van der Waals surface area contributed by atoms with E-state index in [0.717, 1.165) is 11.3 Å². The fourth-order valence-corrected chi connectivity index (χ4v) is 0.724. The van der Waals surface area contributed by atoms with Gasteiger partial charge in [0.1, 0.15) is 0 Å². The molecule has 0 aliphatic rings. The minimum atomic E-state index is 1.02. The lowest BCUT2D eigenvalue weighted by atomic mass is 10.2. The number of aliphatic imine (C=N–C) groups is 1. The van der Waals surface area contributed by atoms with Crippen LogP contribution in [0.15, 0.2) is 40.6 Å². The second-order valence-corrected chi connectivity index (χ2v) is 2.87. The first-order valence-corrected chi connectivity index (χ1v) is 4.08. The molecule has 0 bridgehead atoms. The van der Waals surface area contributed by atoms with Crippen molar-refractivity contribution in [3.05, 3.63) is 35.6 Å². The van der Waals surface area contributed by atoms with E-state index in [2.05, 4.69) is 25.4 Å². The molecule has 0 aliphatic heterocycles. The Balaban J connectivity index is 4.80. The summed E-state index contributed by atoms with van der Waals surface area (Å²) in [6.07, 6.45) is 5.66. The Hall–Kier alpha value is -1.11. The van der Waals surface area contributed by atoms with Gasteiger partial charge in [0.2, 0.25) is 0 Å². The molecule has 12 heavy (non-hydrogen) atoms. The van der Waals surface area contributed by atoms with Crippen LogP contribution >= 0.6 is 0 Å². The van der Waals surface area contributed by atoms with Crippen LogP contribution in [0.4, 0.5) is 0 Å². The highest BCUT2D eigenvalue weighted by Crippen LogP contribution is 2.09. The first kappa shape index (κ1) is 10.9. The van der Waals surface area contributed by atoms with Crippen LogP contribution in [-0.4, -0.2) is 6.21 Å². The summed E-state index contributed by atoms with van der Waals surface area (Å²) in [5.74, 6) is 0. The number of hydrogen-bond donors (Lipinski definition) is 0. The van der Waals surface area contributed by atoms with Crippen LogP contribution in [0, 0.1) is 0 Å². The van der Waals surface area contributed by atoms with E-state index >= 15 is 0 Å². The molecule has 1 heteroatoms. The molecule has 0 radical (unpaired) electrons. The van der Waals surface area contributed by atoms with Crippen molar-refractivity contribution in [2.45, 2.75) is 27.7 Å². The van der Waals surface area contributed by atoms with Crippen molar-refractivity contribution in [1.29, 1.82) is 0 Å². The molecule has 0 aromatic carbocycles. The molecular formula is C11H17N. The fourth-order valence-electron chi connectivity index (χ4n) is 0.724. The minimum absolute atomic E-state index is 1.02. The van der Waals surface area contributed by atoms with Gasteiger partial charge in [0, 0.05) is 6.21 Å². The maximum atomic E-state index is 4.24. The molecule has 0 spiro atoms. The number of allylic oxidation sites excluding steroid dienone is 4. The van der Waals surface area contributed by atoms with Crippen molar-refractivity contribution in [1.82, 2.24) is 0 Å². The first-order chi connectivity index (χ1) is 5.61. The van der Waals surface area contributed by atoms with Gasteiger partial charge >= 0.3 is 0 Å². The maximum Gasteiger partial charge on any atom is 0.0614 e. The molecule has 0 saturated carbocycles. The molecule has 0 N–H and O–H groups in total. The lowest BCUT2D eigenvalue weighted by Crippen LogP contribution is -1.80. The largest absolute Gasteiger partial charge is 0.262 e. The minimum Gasteiger partial charge on any atom is -0.262 e. The molecule has 0 saturated heterocycles. The van der Waals surface area contributed by atoms with E-state index in [9.17, 15) is 0 Å². The van der Waals surface area contributed by atoms with Gasteiger partial charge in [-0.1, -0.05) is 18.2 Å². The molecule has 0 aliphatic carbocycles. The van der Waals surface area contributed by atoms with Crippen molar-refractivity contribution in [3.8, 4) is 0 Å². The second-order valence-electron chi connectivity index (χ2n) is 2.87. The zero-order valence-corrected chi connectivity index (χ0v) is 8.39. The Morgan fingerprint density at radius 3 is 2.17 bits per heavy atom. The van der Waals surface area contributed by atoms with E-state index in [4.69, 9.17) is 0 Å². The van der Waals surface area contributed by atoms with Crippen molar-refractivity contribution in [2.75, 3.05) is 0 Å². The third kappa shape index (κ3) is 3.91. The highest BCUT2D eigenvalue weighted by molar-refractivity contribution is 5.56. The molecule has 0 fully saturated rings. The van der Waals surface area contributed by atoms with Gasteiger partial charge in [0.25, 0.3) is 0 Å². The van der Waals surface area contributed by atoms with Crippen LogP contribution in [0.5, 0.6) is 0 Å². The van der Waals surface area contributed by atoms with Crippen LogP contribution in [0.3, 0.4) is 0 Å². The van der Waals surface area contributed by atoms with Gasteiger partial charge in [0.15, 0.2) is 0 Å². The monoisotopic (exact) mass is 163 g/mol. The number of hydrogen-bond acceptors (Lipinski definition) is 1. The Morgan fingerprint density at radius 1 is 1.25 bits per heavy atom. The van der Waals surface area contributed by atoms with E-state index in [-0.39, 0.29) is 0 Å². The Bertz CT molecular complexity index is 238. The van der Waals surface area contributed by atoms with Gasteiger partial charge < -0.3 is 0 Å². The van der Waals surface area contributed by atoms with Crippen molar-refractivity contribution < 1.29 is 0 Å². The number of nitrogens with zero attached hydrogens (tertiary/aromatic N) is 1. The van der Waals surface area contributed by atoms with Crippen LogP contribution in [-0.2, 0) is 0 Å². The Morgan fingerprint density at radius 2 is 1.83 bits per heavy atom. The van der Waals surface area contributed by atoms with Crippen LogP contribution in [0.2, 0.25) is 0 Å². The summed E-state index contributed by atoms with van der Waals surface area (Å²) in [7, 11) is 0. The van der Waals surface area contributed by atoms with Crippen molar-refractivity contribution in [2.24, 2.45) is 4.99 Å². The van der Waals surface area contributed by atoms with Crippen molar-refractivity contribution >= 4 is 6.21 Å². The predicted molar refractivity (Wildman–Crippen MR) is 56.5 cm³/mol. The van der Waals surface area contributed by atoms with Crippen LogP contribution < -0.4 is 0 Å². The average molecular weight is 163 g/mol. The first-order valence-electron chi connectivity index (χ1n) is 4.08. The normalized spacial score (nSPS) is 11.8. The molecule has 0 amide bonds. The van der Waals surface area contributed by atoms with Gasteiger partial charge in [0.05, 0.1) is 5.70 Å². The maximum absolute atomic E-state index is 4.24. The van der Waals surface area contributed by atoms with E-state index in [1.165, 1.54) is 5.57 Å². The quantitative estimate of drug-likeness (QED) is 0.446. The van der Waals surface area contributed by atoms with Gasteiger partial charge in [-0.3, -0.25) is 4.99 Å². The summed E-state index contributed by atoms with van der Waals surface area (Å²) in [5.41, 5.74) is 3.38. The number of rotatable bonds is 3.